The lowest BCUT2D eigenvalue weighted by Gasteiger charge is -2.15. The van der Waals surface area contributed by atoms with Crippen molar-refractivity contribution in [1.29, 1.82) is 0 Å². The van der Waals surface area contributed by atoms with Crippen LogP contribution in [-0.2, 0) is 9.53 Å². The Bertz CT molecular complexity index is 1720. The van der Waals surface area contributed by atoms with Crippen molar-refractivity contribution < 1.29 is 28.4 Å². The molecule has 1 amide bonds. The highest BCUT2D eigenvalue weighted by molar-refractivity contribution is 7.99. The molecule has 196 valence electrons. The van der Waals surface area contributed by atoms with E-state index < -0.39 is 22.9 Å². The predicted octanol–water partition coefficient (Wildman–Crippen LogP) is 6.84. The van der Waals surface area contributed by atoms with E-state index in [1.807, 2.05) is 54.6 Å². The lowest BCUT2D eigenvalue weighted by molar-refractivity contribution is -0.387. The van der Waals surface area contributed by atoms with Crippen LogP contribution >= 0.6 is 11.8 Å². The third kappa shape index (κ3) is 5.41. The Kier molecular flexibility index (Phi) is 7.20. The van der Waals surface area contributed by atoms with E-state index in [4.69, 9.17) is 13.9 Å². The van der Waals surface area contributed by atoms with Gasteiger partial charge in [0.1, 0.15) is 16.9 Å². The SMILES string of the molecule is COc1cc2c(cc1NC(=O)[C@@H](C)OC(=O)c1ccc(Sc3ccccc3)c([N+](=O)[O-])c1)oc1ccccc12. The Morgan fingerprint density at radius 2 is 1.69 bits per heavy atom. The highest BCUT2D eigenvalue weighted by Gasteiger charge is 2.24. The molecule has 1 heterocycles. The van der Waals surface area contributed by atoms with Crippen molar-refractivity contribution in [3.8, 4) is 5.75 Å². The lowest BCUT2D eigenvalue weighted by Crippen LogP contribution is -2.30. The van der Waals surface area contributed by atoms with E-state index >= 15 is 0 Å². The summed E-state index contributed by atoms with van der Waals surface area (Å²) in [6.45, 7) is 1.41. The molecule has 0 aliphatic rings. The second-order valence-electron chi connectivity index (χ2n) is 8.54. The summed E-state index contributed by atoms with van der Waals surface area (Å²) < 4.78 is 16.7. The van der Waals surface area contributed by atoms with Crippen molar-refractivity contribution in [2.24, 2.45) is 0 Å². The fourth-order valence-corrected chi connectivity index (χ4v) is 4.94. The van der Waals surface area contributed by atoms with Gasteiger partial charge in [0.25, 0.3) is 11.6 Å². The molecule has 5 rings (SSSR count). The highest BCUT2D eigenvalue weighted by atomic mass is 32.2. The standard InChI is InChI=1S/C29H22N2O7S/c1-17(28(32)30-22-16-25-21(15-26(22)36-2)20-10-6-7-11-24(20)38-25)37-29(33)18-12-13-27(23(14-18)31(34)35)39-19-8-4-3-5-9-19/h3-17H,1-2H3,(H,30,32)/t17-/m1/s1. The number of methoxy groups -OCH3 is 1. The lowest BCUT2D eigenvalue weighted by atomic mass is 10.1. The van der Waals surface area contributed by atoms with Crippen LogP contribution in [0, 0.1) is 10.1 Å². The molecule has 4 aromatic carbocycles. The third-order valence-corrected chi connectivity index (χ3v) is 7.05. The molecule has 0 saturated carbocycles. The largest absolute Gasteiger partial charge is 0.495 e. The van der Waals surface area contributed by atoms with Crippen LogP contribution in [-0.4, -0.2) is 30.0 Å². The number of anilines is 1. The summed E-state index contributed by atoms with van der Waals surface area (Å²) in [4.78, 5) is 38.0. The van der Waals surface area contributed by atoms with Crippen LogP contribution in [0.5, 0.6) is 5.75 Å². The van der Waals surface area contributed by atoms with Crippen molar-refractivity contribution in [3.63, 3.8) is 0 Å². The second kappa shape index (κ2) is 10.9. The third-order valence-electron chi connectivity index (χ3n) is 5.97. The monoisotopic (exact) mass is 542 g/mol. The van der Waals surface area contributed by atoms with Crippen molar-refractivity contribution in [2.75, 3.05) is 12.4 Å². The summed E-state index contributed by atoms with van der Waals surface area (Å²) in [7, 11) is 1.48. The van der Waals surface area contributed by atoms with Gasteiger partial charge in [0, 0.05) is 27.8 Å². The van der Waals surface area contributed by atoms with Gasteiger partial charge in [-0.2, -0.15) is 0 Å². The van der Waals surface area contributed by atoms with E-state index in [0.717, 1.165) is 21.7 Å². The van der Waals surface area contributed by atoms with Crippen LogP contribution in [0.2, 0.25) is 0 Å². The number of amides is 1. The molecule has 10 heteroatoms. The first-order chi connectivity index (χ1) is 18.8. The number of furan rings is 1. The molecule has 1 atom stereocenters. The maximum absolute atomic E-state index is 12.9. The molecule has 1 aromatic heterocycles. The Morgan fingerprint density at radius 1 is 0.949 bits per heavy atom. The number of nitrogens with zero attached hydrogens (tertiary/aromatic N) is 1. The predicted molar refractivity (Wildman–Crippen MR) is 147 cm³/mol. The van der Waals surface area contributed by atoms with Crippen LogP contribution in [0.25, 0.3) is 21.9 Å². The summed E-state index contributed by atoms with van der Waals surface area (Å²) in [5, 5.41) is 16.1. The van der Waals surface area contributed by atoms with Gasteiger partial charge in [-0.1, -0.05) is 48.2 Å². The van der Waals surface area contributed by atoms with Gasteiger partial charge >= 0.3 is 5.97 Å². The van der Waals surface area contributed by atoms with Crippen molar-refractivity contribution in [2.45, 2.75) is 22.8 Å². The molecule has 0 saturated heterocycles. The molecule has 0 radical (unpaired) electrons. The smallest absolute Gasteiger partial charge is 0.339 e. The normalized spacial score (nSPS) is 11.7. The van der Waals surface area contributed by atoms with Crippen LogP contribution in [0.4, 0.5) is 11.4 Å². The van der Waals surface area contributed by atoms with Gasteiger partial charge in [0.05, 0.1) is 28.2 Å². The molecule has 0 bridgehead atoms. The summed E-state index contributed by atoms with van der Waals surface area (Å²) in [6.07, 6.45) is -1.20. The first kappa shape index (κ1) is 25.8. The summed E-state index contributed by atoms with van der Waals surface area (Å²) in [6, 6.07) is 24.2. The number of benzene rings is 4. The van der Waals surface area contributed by atoms with Gasteiger partial charge in [-0.25, -0.2) is 4.79 Å². The minimum atomic E-state index is -1.20. The Balaban J connectivity index is 1.32. The van der Waals surface area contributed by atoms with Gasteiger partial charge in [-0.15, -0.1) is 0 Å². The minimum absolute atomic E-state index is 0.0416. The van der Waals surface area contributed by atoms with Crippen molar-refractivity contribution >= 4 is 57.0 Å². The number of fused-ring (bicyclic) bond motifs is 3. The number of para-hydroxylation sites is 1. The number of nitro benzene ring substituents is 1. The Morgan fingerprint density at radius 3 is 2.44 bits per heavy atom. The van der Waals surface area contributed by atoms with E-state index in [0.29, 0.717) is 27.5 Å². The number of rotatable bonds is 8. The number of esters is 1. The number of hydrogen-bond acceptors (Lipinski definition) is 8. The van der Waals surface area contributed by atoms with Crippen LogP contribution < -0.4 is 10.1 Å². The number of carbonyl (C=O) groups excluding carboxylic acids is 2. The zero-order chi connectivity index (χ0) is 27.5. The molecule has 0 aliphatic carbocycles. The zero-order valence-electron chi connectivity index (χ0n) is 20.9. The van der Waals surface area contributed by atoms with Gasteiger partial charge < -0.3 is 19.2 Å². The summed E-state index contributed by atoms with van der Waals surface area (Å²) >= 11 is 1.21. The maximum atomic E-state index is 12.9. The Labute approximate surface area is 226 Å². The van der Waals surface area contributed by atoms with Gasteiger partial charge in [0.2, 0.25) is 0 Å². The number of nitrogens with one attached hydrogen (secondary N) is 1. The van der Waals surface area contributed by atoms with Gasteiger partial charge in [-0.05, 0) is 43.3 Å². The molecular formula is C29H22N2O7S. The molecule has 0 aliphatic heterocycles. The molecule has 5 aromatic rings. The van der Waals surface area contributed by atoms with E-state index in [9.17, 15) is 19.7 Å². The van der Waals surface area contributed by atoms with E-state index in [1.54, 1.807) is 12.1 Å². The Hall–Kier alpha value is -4.83. The van der Waals surface area contributed by atoms with Crippen LogP contribution in [0.3, 0.4) is 0 Å². The van der Waals surface area contributed by atoms with Crippen molar-refractivity contribution in [3.05, 3.63) is 101 Å². The number of ether oxygens (including phenoxy) is 2. The van der Waals surface area contributed by atoms with Gasteiger partial charge in [-0.3, -0.25) is 14.9 Å². The van der Waals surface area contributed by atoms with E-state index in [-0.39, 0.29) is 11.3 Å². The van der Waals surface area contributed by atoms with Crippen molar-refractivity contribution in [1.82, 2.24) is 0 Å². The van der Waals surface area contributed by atoms with Crippen LogP contribution in [0.15, 0.2) is 99.1 Å². The number of nitro groups is 1. The average Bonchev–Trinajstić information content (AvgIpc) is 3.30. The minimum Gasteiger partial charge on any atom is -0.495 e. The second-order valence-corrected chi connectivity index (χ2v) is 9.65. The maximum Gasteiger partial charge on any atom is 0.339 e. The fourth-order valence-electron chi connectivity index (χ4n) is 4.02. The van der Waals surface area contributed by atoms with Gasteiger partial charge in [0.15, 0.2) is 6.10 Å². The molecular weight excluding hydrogens is 520 g/mol. The molecule has 39 heavy (non-hydrogen) atoms. The average molecular weight is 543 g/mol. The molecule has 0 unspecified atom stereocenters. The topological polar surface area (TPSA) is 121 Å². The van der Waals surface area contributed by atoms with E-state index in [1.165, 1.54) is 37.9 Å². The molecule has 1 N–H and O–H groups in total. The van der Waals surface area contributed by atoms with E-state index in [2.05, 4.69) is 5.32 Å². The first-order valence-corrected chi connectivity index (χ1v) is 12.7. The molecule has 0 spiro atoms. The number of carbonyl (C=O) groups is 2. The zero-order valence-corrected chi connectivity index (χ0v) is 21.7. The first-order valence-electron chi connectivity index (χ1n) is 11.9. The molecule has 0 fully saturated rings. The quantitative estimate of drug-likeness (QED) is 0.129. The summed E-state index contributed by atoms with van der Waals surface area (Å²) in [5.74, 6) is -1.07. The highest BCUT2D eigenvalue weighted by Crippen LogP contribution is 2.37. The number of hydrogen-bond donors (Lipinski definition) is 1. The van der Waals surface area contributed by atoms with Crippen LogP contribution in [0.1, 0.15) is 17.3 Å². The summed E-state index contributed by atoms with van der Waals surface area (Å²) in [5.41, 5.74) is 1.31. The molecule has 9 nitrogen and oxygen atoms in total. The fraction of sp³-hybridized carbons (Fsp3) is 0.103.